The van der Waals surface area contributed by atoms with Gasteiger partial charge in [-0.1, -0.05) is 69.2 Å². The molecule has 2 atom stereocenters. The molecule has 0 aliphatic heterocycles. The second kappa shape index (κ2) is 10.5. The van der Waals surface area contributed by atoms with E-state index < -0.39 is 17.4 Å². The Morgan fingerprint density at radius 1 is 1.06 bits per heavy atom. The Kier molecular flexibility index (Phi) is 7.72. The van der Waals surface area contributed by atoms with Gasteiger partial charge in [0.05, 0.1) is 19.1 Å². The Bertz CT molecular complexity index is 859. The average Bonchev–Trinajstić information content (AvgIpc) is 2.76. The Balaban J connectivity index is 1.73. The molecule has 0 saturated heterocycles. The van der Waals surface area contributed by atoms with Gasteiger partial charge in [0.1, 0.15) is 5.75 Å². The summed E-state index contributed by atoms with van der Waals surface area (Å²) in [7, 11) is 1.34. The summed E-state index contributed by atoms with van der Waals surface area (Å²) in [6.07, 6.45) is 4.80. The number of carbonyl (C=O) groups excluding carboxylic acids is 2. The van der Waals surface area contributed by atoms with Gasteiger partial charge in [-0.05, 0) is 48.4 Å². The van der Waals surface area contributed by atoms with Crippen molar-refractivity contribution in [3.63, 3.8) is 0 Å². The molecular weight excluding hydrogens is 390 g/mol. The van der Waals surface area contributed by atoms with Gasteiger partial charge in [-0.2, -0.15) is 0 Å². The zero-order chi connectivity index (χ0) is 22.3. The molecule has 1 saturated carbocycles. The lowest BCUT2D eigenvalue weighted by atomic mass is 9.63. The SMILES string of the molecule is CCCC(C)COc1ccc([C@@H](NC(=O)C2(c3ccccc3)CCC2)C(=O)OC)cc1. The van der Waals surface area contributed by atoms with E-state index in [-0.39, 0.29) is 5.91 Å². The molecule has 1 N–H and O–H groups in total. The Labute approximate surface area is 185 Å². The highest BCUT2D eigenvalue weighted by atomic mass is 16.5. The van der Waals surface area contributed by atoms with Crippen LogP contribution in [-0.2, 0) is 19.7 Å². The van der Waals surface area contributed by atoms with Crippen LogP contribution in [0.3, 0.4) is 0 Å². The van der Waals surface area contributed by atoms with Gasteiger partial charge in [-0.3, -0.25) is 4.79 Å². The fourth-order valence-electron chi connectivity index (χ4n) is 4.17. The summed E-state index contributed by atoms with van der Waals surface area (Å²) in [5.74, 6) is 0.625. The first kappa shape index (κ1) is 22.9. The first-order valence-electron chi connectivity index (χ1n) is 11.2. The quantitative estimate of drug-likeness (QED) is 0.549. The van der Waals surface area contributed by atoms with E-state index in [1.54, 1.807) is 0 Å². The maximum atomic E-state index is 13.3. The van der Waals surface area contributed by atoms with Crippen LogP contribution in [0, 0.1) is 5.92 Å². The van der Waals surface area contributed by atoms with Gasteiger partial charge in [-0.25, -0.2) is 4.79 Å². The minimum Gasteiger partial charge on any atom is -0.493 e. The summed E-state index contributed by atoms with van der Waals surface area (Å²) < 4.78 is 10.8. The van der Waals surface area contributed by atoms with Crippen molar-refractivity contribution >= 4 is 11.9 Å². The lowest BCUT2D eigenvalue weighted by Crippen LogP contribution is -2.51. The summed E-state index contributed by atoms with van der Waals surface area (Å²) in [6.45, 7) is 4.99. The molecule has 31 heavy (non-hydrogen) atoms. The number of nitrogens with one attached hydrogen (secondary N) is 1. The van der Waals surface area contributed by atoms with Gasteiger partial charge in [-0.15, -0.1) is 0 Å². The molecule has 0 bridgehead atoms. The van der Waals surface area contributed by atoms with E-state index in [0.29, 0.717) is 18.1 Å². The first-order valence-corrected chi connectivity index (χ1v) is 11.2. The predicted octanol–water partition coefficient (Wildman–Crippen LogP) is 4.95. The van der Waals surface area contributed by atoms with Gasteiger partial charge in [0.15, 0.2) is 6.04 Å². The lowest BCUT2D eigenvalue weighted by molar-refractivity contribution is -0.146. The number of hydrogen-bond acceptors (Lipinski definition) is 4. The van der Waals surface area contributed by atoms with Crippen LogP contribution in [0.5, 0.6) is 5.75 Å². The number of benzene rings is 2. The van der Waals surface area contributed by atoms with Crippen LogP contribution in [0.2, 0.25) is 0 Å². The molecule has 1 unspecified atom stereocenters. The summed E-state index contributed by atoms with van der Waals surface area (Å²) >= 11 is 0. The normalized spacial score (nSPS) is 16.5. The number of carbonyl (C=O) groups is 2. The highest BCUT2D eigenvalue weighted by Crippen LogP contribution is 2.44. The zero-order valence-corrected chi connectivity index (χ0v) is 18.7. The third-order valence-electron chi connectivity index (χ3n) is 6.21. The number of hydrogen-bond donors (Lipinski definition) is 1. The fraction of sp³-hybridized carbons (Fsp3) is 0.462. The maximum absolute atomic E-state index is 13.3. The fourth-order valence-corrected chi connectivity index (χ4v) is 4.17. The van der Waals surface area contributed by atoms with E-state index in [9.17, 15) is 9.59 Å². The van der Waals surface area contributed by atoms with Crippen molar-refractivity contribution in [2.24, 2.45) is 5.92 Å². The smallest absolute Gasteiger partial charge is 0.333 e. The van der Waals surface area contributed by atoms with Crippen molar-refractivity contribution in [2.75, 3.05) is 13.7 Å². The Morgan fingerprint density at radius 2 is 1.74 bits per heavy atom. The maximum Gasteiger partial charge on any atom is 0.333 e. The van der Waals surface area contributed by atoms with Crippen molar-refractivity contribution < 1.29 is 19.1 Å². The van der Waals surface area contributed by atoms with E-state index in [1.165, 1.54) is 7.11 Å². The van der Waals surface area contributed by atoms with Crippen LogP contribution >= 0.6 is 0 Å². The van der Waals surface area contributed by atoms with Crippen molar-refractivity contribution in [1.82, 2.24) is 5.32 Å². The molecule has 3 rings (SSSR count). The molecule has 1 fully saturated rings. The Morgan fingerprint density at radius 3 is 2.29 bits per heavy atom. The number of ether oxygens (including phenoxy) is 2. The average molecular weight is 424 g/mol. The molecular formula is C26H33NO4. The molecule has 166 valence electrons. The standard InChI is InChI=1S/C26H33NO4/c1-4-9-19(2)18-31-22-14-12-20(13-15-22)23(24(28)30-3)27-25(29)26(16-8-17-26)21-10-6-5-7-11-21/h5-7,10-15,19,23H,4,8-9,16-18H2,1-3H3,(H,27,29)/t19?,23-/m1/s1. The number of rotatable bonds is 10. The van der Waals surface area contributed by atoms with Crippen molar-refractivity contribution in [1.29, 1.82) is 0 Å². The largest absolute Gasteiger partial charge is 0.493 e. The molecule has 1 amide bonds. The van der Waals surface area contributed by atoms with Gasteiger partial charge >= 0.3 is 5.97 Å². The van der Waals surface area contributed by atoms with Gasteiger partial charge in [0.25, 0.3) is 0 Å². The topological polar surface area (TPSA) is 64.6 Å². The van der Waals surface area contributed by atoms with Crippen molar-refractivity contribution in [2.45, 2.75) is 57.4 Å². The van der Waals surface area contributed by atoms with Crippen LogP contribution in [0.1, 0.15) is 63.1 Å². The molecule has 2 aromatic carbocycles. The van der Waals surface area contributed by atoms with Gasteiger partial charge in [0, 0.05) is 0 Å². The van der Waals surface area contributed by atoms with Gasteiger partial charge < -0.3 is 14.8 Å². The lowest BCUT2D eigenvalue weighted by Gasteiger charge is -2.41. The molecule has 5 heteroatoms. The second-order valence-electron chi connectivity index (χ2n) is 8.51. The molecule has 0 spiro atoms. The molecule has 0 heterocycles. The second-order valence-corrected chi connectivity index (χ2v) is 8.51. The number of amides is 1. The molecule has 5 nitrogen and oxygen atoms in total. The molecule has 0 radical (unpaired) electrons. The third kappa shape index (κ3) is 5.27. The summed E-state index contributed by atoms with van der Waals surface area (Å²) in [5.41, 5.74) is 1.09. The summed E-state index contributed by atoms with van der Waals surface area (Å²) in [5, 5.41) is 2.96. The van der Waals surface area contributed by atoms with E-state index in [4.69, 9.17) is 9.47 Å². The van der Waals surface area contributed by atoms with Crippen LogP contribution in [0.4, 0.5) is 0 Å². The summed E-state index contributed by atoms with van der Waals surface area (Å²) in [6, 6.07) is 16.3. The minimum absolute atomic E-state index is 0.130. The van der Waals surface area contributed by atoms with Gasteiger partial charge in [0.2, 0.25) is 5.91 Å². The predicted molar refractivity (Wildman–Crippen MR) is 121 cm³/mol. The van der Waals surface area contributed by atoms with Crippen molar-refractivity contribution in [3.8, 4) is 5.75 Å². The summed E-state index contributed by atoms with van der Waals surface area (Å²) in [4.78, 5) is 25.8. The van der Waals surface area contributed by atoms with Crippen LogP contribution in [0.25, 0.3) is 0 Å². The monoisotopic (exact) mass is 423 g/mol. The molecule has 1 aliphatic rings. The number of esters is 1. The molecule has 1 aliphatic carbocycles. The van der Waals surface area contributed by atoms with Crippen LogP contribution in [-0.4, -0.2) is 25.6 Å². The van der Waals surface area contributed by atoms with E-state index >= 15 is 0 Å². The zero-order valence-electron chi connectivity index (χ0n) is 18.7. The van der Waals surface area contributed by atoms with E-state index in [1.807, 2.05) is 54.6 Å². The Hall–Kier alpha value is -2.82. The highest BCUT2D eigenvalue weighted by Gasteiger charge is 2.46. The highest BCUT2D eigenvalue weighted by molar-refractivity contribution is 5.93. The van der Waals surface area contributed by atoms with Crippen molar-refractivity contribution in [3.05, 3.63) is 65.7 Å². The van der Waals surface area contributed by atoms with Crippen LogP contribution < -0.4 is 10.1 Å². The van der Waals surface area contributed by atoms with E-state index in [0.717, 1.165) is 43.4 Å². The molecule has 2 aromatic rings. The number of methoxy groups -OCH3 is 1. The first-order chi connectivity index (χ1) is 15.0. The third-order valence-corrected chi connectivity index (χ3v) is 6.21. The minimum atomic E-state index is -0.855. The molecule has 0 aromatic heterocycles. The van der Waals surface area contributed by atoms with Crippen LogP contribution in [0.15, 0.2) is 54.6 Å². The van der Waals surface area contributed by atoms with E-state index in [2.05, 4.69) is 19.2 Å².